The lowest BCUT2D eigenvalue weighted by molar-refractivity contribution is 0.414. The molecule has 0 saturated carbocycles. The van der Waals surface area contributed by atoms with Gasteiger partial charge in [0.1, 0.15) is 5.75 Å². The van der Waals surface area contributed by atoms with Crippen LogP contribution >= 0.6 is 11.6 Å². The molecule has 2 aromatic rings. The molecule has 0 aromatic heterocycles. The maximum Gasteiger partial charge on any atom is 0.119 e. The average molecular weight is 276 g/mol. The SMILES string of the molecule is CNC(c1cccc(OC)c1)c1ccc(C)c(Cl)c1. The van der Waals surface area contributed by atoms with Crippen molar-refractivity contribution in [1.82, 2.24) is 5.32 Å². The molecule has 0 spiro atoms. The first kappa shape index (κ1) is 13.9. The lowest BCUT2D eigenvalue weighted by Crippen LogP contribution is -2.17. The fourth-order valence-corrected chi connectivity index (χ4v) is 2.32. The van der Waals surface area contributed by atoms with Gasteiger partial charge in [-0.2, -0.15) is 0 Å². The number of hydrogen-bond acceptors (Lipinski definition) is 2. The zero-order valence-corrected chi connectivity index (χ0v) is 12.2. The van der Waals surface area contributed by atoms with Crippen molar-refractivity contribution < 1.29 is 4.74 Å². The van der Waals surface area contributed by atoms with Gasteiger partial charge in [0, 0.05) is 5.02 Å². The van der Waals surface area contributed by atoms with Crippen molar-refractivity contribution in [2.45, 2.75) is 13.0 Å². The molecular formula is C16H18ClNO. The summed E-state index contributed by atoms with van der Waals surface area (Å²) in [7, 11) is 3.62. The quantitative estimate of drug-likeness (QED) is 0.912. The van der Waals surface area contributed by atoms with Crippen LogP contribution < -0.4 is 10.1 Å². The molecule has 0 bridgehead atoms. The first-order valence-electron chi connectivity index (χ1n) is 6.23. The van der Waals surface area contributed by atoms with Crippen molar-refractivity contribution >= 4 is 11.6 Å². The highest BCUT2D eigenvalue weighted by Gasteiger charge is 2.13. The third-order valence-electron chi connectivity index (χ3n) is 3.25. The van der Waals surface area contributed by atoms with Crippen molar-refractivity contribution in [3.8, 4) is 5.75 Å². The van der Waals surface area contributed by atoms with Gasteiger partial charge in [0.2, 0.25) is 0 Å². The predicted molar refractivity (Wildman–Crippen MR) is 80.1 cm³/mol. The molecular weight excluding hydrogens is 258 g/mol. The lowest BCUT2D eigenvalue weighted by Gasteiger charge is -2.18. The Hall–Kier alpha value is -1.51. The third kappa shape index (κ3) is 3.09. The van der Waals surface area contributed by atoms with Gasteiger partial charge in [-0.05, 0) is 48.9 Å². The van der Waals surface area contributed by atoms with Crippen molar-refractivity contribution in [1.29, 1.82) is 0 Å². The molecule has 19 heavy (non-hydrogen) atoms. The minimum absolute atomic E-state index is 0.105. The molecule has 0 fully saturated rings. The molecule has 1 atom stereocenters. The highest BCUT2D eigenvalue weighted by Crippen LogP contribution is 2.27. The van der Waals surface area contributed by atoms with Crippen LogP contribution in [0.15, 0.2) is 42.5 Å². The molecule has 1 unspecified atom stereocenters. The van der Waals surface area contributed by atoms with Gasteiger partial charge in [-0.15, -0.1) is 0 Å². The first-order valence-corrected chi connectivity index (χ1v) is 6.60. The number of halogens is 1. The first-order chi connectivity index (χ1) is 9.15. The van der Waals surface area contributed by atoms with E-state index in [0.29, 0.717) is 0 Å². The van der Waals surface area contributed by atoms with Gasteiger partial charge in [0.15, 0.2) is 0 Å². The van der Waals surface area contributed by atoms with Crippen molar-refractivity contribution in [2.75, 3.05) is 14.2 Å². The maximum absolute atomic E-state index is 6.21. The Morgan fingerprint density at radius 1 is 1.11 bits per heavy atom. The molecule has 2 nitrogen and oxygen atoms in total. The van der Waals surface area contributed by atoms with E-state index in [1.165, 1.54) is 0 Å². The van der Waals surface area contributed by atoms with E-state index in [1.54, 1.807) is 7.11 Å². The average Bonchev–Trinajstić information content (AvgIpc) is 2.44. The number of benzene rings is 2. The Morgan fingerprint density at radius 3 is 2.47 bits per heavy atom. The van der Waals surface area contributed by atoms with Gasteiger partial charge in [-0.25, -0.2) is 0 Å². The predicted octanol–water partition coefficient (Wildman–Crippen LogP) is 3.97. The topological polar surface area (TPSA) is 21.3 Å². The van der Waals surface area contributed by atoms with Crippen molar-refractivity contribution in [3.63, 3.8) is 0 Å². The Bertz CT molecular complexity index is 568. The Balaban J connectivity index is 2.40. The molecule has 0 heterocycles. The van der Waals surface area contributed by atoms with E-state index in [4.69, 9.17) is 16.3 Å². The van der Waals surface area contributed by atoms with Gasteiger partial charge in [0.25, 0.3) is 0 Å². The van der Waals surface area contributed by atoms with Crippen LogP contribution in [0, 0.1) is 6.92 Å². The van der Waals surface area contributed by atoms with E-state index >= 15 is 0 Å². The minimum Gasteiger partial charge on any atom is -0.497 e. The van der Waals surface area contributed by atoms with Crippen LogP contribution in [0.25, 0.3) is 0 Å². The molecule has 0 aliphatic rings. The summed E-state index contributed by atoms with van der Waals surface area (Å²) in [6, 6.07) is 14.3. The Morgan fingerprint density at radius 2 is 1.84 bits per heavy atom. The van der Waals surface area contributed by atoms with E-state index < -0.39 is 0 Å². The summed E-state index contributed by atoms with van der Waals surface area (Å²) in [6.45, 7) is 2.01. The summed E-state index contributed by atoms with van der Waals surface area (Å²) < 4.78 is 5.27. The van der Waals surface area contributed by atoms with Gasteiger partial charge >= 0.3 is 0 Å². The normalized spacial score (nSPS) is 12.2. The Kier molecular flexibility index (Phi) is 4.46. The molecule has 0 saturated heterocycles. The molecule has 1 N–H and O–H groups in total. The standard InChI is InChI=1S/C16H18ClNO/c1-11-7-8-13(10-15(11)17)16(18-2)12-5-4-6-14(9-12)19-3/h4-10,16,18H,1-3H3. The largest absolute Gasteiger partial charge is 0.497 e. The summed E-state index contributed by atoms with van der Waals surface area (Å²) in [4.78, 5) is 0. The summed E-state index contributed by atoms with van der Waals surface area (Å²) in [5.41, 5.74) is 3.39. The molecule has 0 aliphatic carbocycles. The van der Waals surface area contributed by atoms with Crippen LogP contribution in [-0.2, 0) is 0 Å². The summed E-state index contributed by atoms with van der Waals surface area (Å²) in [6.07, 6.45) is 0. The van der Waals surface area contributed by atoms with Crippen LogP contribution in [0.1, 0.15) is 22.7 Å². The van der Waals surface area contributed by atoms with E-state index in [-0.39, 0.29) is 6.04 Å². The number of hydrogen-bond donors (Lipinski definition) is 1. The van der Waals surface area contributed by atoms with E-state index in [9.17, 15) is 0 Å². The number of aryl methyl sites for hydroxylation is 1. The zero-order valence-electron chi connectivity index (χ0n) is 11.4. The van der Waals surface area contributed by atoms with E-state index in [2.05, 4.69) is 17.4 Å². The lowest BCUT2D eigenvalue weighted by atomic mass is 9.98. The van der Waals surface area contributed by atoms with Gasteiger partial charge in [-0.3, -0.25) is 0 Å². The van der Waals surface area contributed by atoms with Crippen LogP contribution in [0.2, 0.25) is 5.02 Å². The second-order valence-electron chi connectivity index (χ2n) is 4.51. The molecule has 100 valence electrons. The van der Waals surface area contributed by atoms with E-state index in [1.807, 2.05) is 44.3 Å². The minimum atomic E-state index is 0.105. The molecule has 0 amide bonds. The number of rotatable bonds is 4. The van der Waals surface area contributed by atoms with Gasteiger partial charge < -0.3 is 10.1 Å². The Labute approximate surface area is 119 Å². The zero-order chi connectivity index (χ0) is 13.8. The maximum atomic E-state index is 6.21. The molecule has 3 heteroatoms. The fourth-order valence-electron chi connectivity index (χ4n) is 2.14. The molecule has 2 aromatic carbocycles. The van der Waals surface area contributed by atoms with Crippen LogP contribution in [0.3, 0.4) is 0 Å². The van der Waals surface area contributed by atoms with Crippen molar-refractivity contribution in [3.05, 3.63) is 64.2 Å². The van der Waals surface area contributed by atoms with Crippen LogP contribution in [-0.4, -0.2) is 14.2 Å². The monoisotopic (exact) mass is 275 g/mol. The van der Waals surface area contributed by atoms with E-state index in [0.717, 1.165) is 27.5 Å². The van der Waals surface area contributed by atoms with Crippen molar-refractivity contribution in [2.24, 2.45) is 0 Å². The van der Waals surface area contributed by atoms with Crippen LogP contribution in [0.4, 0.5) is 0 Å². The summed E-state index contributed by atoms with van der Waals surface area (Å²) in [5.74, 6) is 0.857. The second-order valence-corrected chi connectivity index (χ2v) is 4.91. The number of ether oxygens (including phenoxy) is 1. The van der Waals surface area contributed by atoms with Crippen LogP contribution in [0.5, 0.6) is 5.75 Å². The summed E-state index contributed by atoms with van der Waals surface area (Å²) >= 11 is 6.21. The number of nitrogens with one attached hydrogen (secondary N) is 1. The van der Waals surface area contributed by atoms with Gasteiger partial charge in [0.05, 0.1) is 13.2 Å². The fraction of sp³-hybridized carbons (Fsp3) is 0.250. The highest BCUT2D eigenvalue weighted by molar-refractivity contribution is 6.31. The second kappa shape index (κ2) is 6.09. The molecule has 0 radical (unpaired) electrons. The van der Waals surface area contributed by atoms with Gasteiger partial charge in [-0.1, -0.05) is 35.9 Å². The molecule has 0 aliphatic heterocycles. The third-order valence-corrected chi connectivity index (χ3v) is 3.65. The molecule has 2 rings (SSSR count). The summed E-state index contributed by atoms with van der Waals surface area (Å²) in [5, 5.41) is 4.11. The smallest absolute Gasteiger partial charge is 0.119 e. The number of methoxy groups -OCH3 is 1. The highest BCUT2D eigenvalue weighted by atomic mass is 35.5.